The van der Waals surface area contributed by atoms with Crippen LogP contribution in [0.4, 0.5) is 0 Å². The van der Waals surface area contributed by atoms with E-state index in [1.165, 1.54) is 0 Å². The fourth-order valence-electron chi connectivity index (χ4n) is 1.64. The third-order valence-corrected chi connectivity index (χ3v) is 9.71. The van der Waals surface area contributed by atoms with Crippen molar-refractivity contribution in [1.82, 2.24) is 29.6 Å². The van der Waals surface area contributed by atoms with E-state index in [0.717, 1.165) is 43.5 Å². The zero-order valence-corrected chi connectivity index (χ0v) is 16.9. The quantitative estimate of drug-likeness (QED) is 0.403. The highest BCUT2D eigenvalue weighted by Gasteiger charge is 2.17. The van der Waals surface area contributed by atoms with Crippen LogP contribution in [0.1, 0.15) is 0 Å². The molecule has 0 aromatic carbocycles. The average Bonchev–Trinajstić information content (AvgIpc) is 3.16. The van der Waals surface area contributed by atoms with Crippen molar-refractivity contribution in [3.05, 3.63) is 0 Å². The molecule has 12 heteroatoms. The highest BCUT2D eigenvalue weighted by molar-refractivity contribution is 8.77. The van der Waals surface area contributed by atoms with Gasteiger partial charge in [-0.2, -0.15) is 0 Å². The Kier molecular flexibility index (Phi) is 6.68. The van der Waals surface area contributed by atoms with Crippen LogP contribution >= 0.6 is 68.0 Å². The maximum Gasteiger partial charge on any atom is 0.190 e. The number of nitrogens with zero attached hydrogens (tertiary/aromatic N) is 6. The Morgan fingerprint density at radius 3 is 1.95 bits per heavy atom. The van der Waals surface area contributed by atoms with Gasteiger partial charge in [0.15, 0.2) is 17.4 Å². The molecule has 0 atom stereocenters. The van der Waals surface area contributed by atoms with Crippen molar-refractivity contribution < 1.29 is 0 Å². The summed E-state index contributed by atoms with van der Waals surface area (Å²) in [6.45, 7) is 4.36. The van der Waals surface area contributed by atoms with Crippen LogP contribution in [-0.4, -0.2) is 69.1 Å². The highest BCUT2D eigenvalue weighted by Crippen LogP contribution is 2.42. The van der Waals surface area contributed by atoms with Crippen molar-refractivity contribution >= 4 is 68.0 Å². The van der Waals surface area contributed by atoms with E-state index in [9.17, 15) is 0 Å². The Morgan fingerprint density at radius 1 is 0.818 bits per heavy atom. The molecule has 120 valence electrons. The van der Waals surface area contributed by atoms with Gasteiger partial charge in [-0.1, -0.05) is 34.4 Å². The lowest BCUT2D eigenvalue weighted by Gasteiger charge is -2.30. The zero-order valence-electron chi connectivity index (χ0n) is 12.0. The van der Waals surface area contributed by atoms with Gasteiger partial charge in [-0.25, -0.2) is 4.31 Å². The van der Waals surface area contributed by atoms with Gasteiger partial charge < -0.3 is 4.90 Å². The molecule has 0 spiro atoms. The summed E-state index contributed by atoms with van der Waals surface area (Å²) in [4.78, 5) is 2.35. The van der Waals surface area contributed by atoms with Gasteiger partial charge in [0.2, 0.25) is 0 Å². The Hall–Kier alpha value is 0.440. The van der Waals surface area contributed by atoms with E-state index in [0.29, 0.717) is 0 Å². The molecule has 0 aliphatic carbocycles. The second kappa shape index (κ2) is 8.51. The first-order valence-corrected chi connectivity index (χ1v) is 12.2. The van der Waals surface area contributed by atoms with E-state index in [2.05, 4.69) is 36.6 Å². The minimum atomic E-state index is 0.956. The molecule has 1 aliphatic heterocycles. The molecule has 2 aromatic heterocycles. The van der Waals surface area contributed by atoms with Crippen LogP contribution < -0.4 is 0 Å². The van der Waals surface area contributed by atoms with Gasteiger partial charge in [0, 0.05) is 26.2 Å². The number of hydrogen-bond acceptors (Lipinski definition) is 12. The first-order chi connectivity index (χ1) is 10.7. The molecule has 6 nitrogen and oxygen atoms in total. The fourth-order valence-corrected chi connectivity index (χ4v) is 7.51. The predicted octanol–water partition coefficient (Wildman–Crippen LogP) is 3.17. The Balaban J connectivity index is 1.48. The number of aromatic nitrogens is 4. The molecule has 22 heavy (non-hydrogen) atoms. The molecule has 0 amide bonds. The third kappa shape index (κ3) is 4.97. The fraction of sp³-hybridized carbons (Fsp3) is 0.600. The first kappa shape index (κ1) is 17.3. The minimum Gasteiger partial charge on any atom is -0.304 e. The highest BCUT2D eigenvalue weighted by atomic mass is 33.1. The zero-order chi connectivity index (χ0) is 15.4. The van der Waals surface area contributed by atoms with E-state index in [-0.39, 0.29) is 0 Å². The summed E-state index contributed by atoms with van der Waals surface area (Å²) < 4.78 is 6.28. The largest absolute Gasteiger partial charge is 0.304 e. The van der Waals surface area contributed by atoms with Crippen LogP contribution in [-0.2, 0) is 0 Å². The normalized spacial score (nSPS) is 17.2. The monoisotopic (exact) mass is 410 g/mol. The van der Waals surface area contributed by atoms with Crippen LogP contribution in [0, 0.1) is 0 Å². The van der Waals surface area contributed by atoms with Crippen LogP contribution in [0.5, 0.6) is 0 Å². The standard InChI is InChI=1S/C10H14N6S6/c1-15-3-5-16(6-4-15)20-8-12-14-10(19-8)22-21-9-13-11-7(17-2)18-9/h3-6H2,1-2H3. The molecule has 2 aromatic rings. The van der Waals surface area contributed by atoms with Crippen molar-refractivity contribution in [3.8, 4) is 0 Å². The van der Waals surface area contributed by atoms with E-state index >= 15 is 0 Å². The lowest BCUT2D eigenvalue weighted by molar-refractivity contribution is 0.233. The summed E-state index contributed by atoms with van der Waals surface area (Å²) in [5, 5.41) is 16.7. The molecular formula is C10H14N6S6. The Bertz CT molecular complexity index is 594. The molecular weight excluding hydrogens is 397 g/mol. The third-order valence-electron chi connectivity index (χ3n) is 2.80. The molecule has 1 saturated heterocycles. The minimum absolute atomic E-state index is 0.956. The van der Waals surface area contributed by atoms with Gasteiger partial charge in [-0.15, -0.1) is 20.4 Å². The summed E-state index contributed by atoms with van der Waals surface area (Å²) in [5.41, 5.74) is 0. The average molecular weight is 411 g/mol. The van der Waals surface area contributed by atoms with Gasteiger partial charge in [0.25, 0.3) is 0 Å². The summed E-state index contributed by atoms with van der Waals surface area (Å²) in [6.07, 6.45) is 2.01. The van der Waals surface area contributed by atoms with Crippen molar-refractivity contribution in [2.75, 3.05) is 39.5 Å². The second-order valence-corrected chi connectivity index (χ2v) is 11.3. The van der Waals surface area contributed by atoms with E-state index in [1.807, 2.05) is 6.26 Å². The van der Waals surface area contributed by atoms with Gasteiger partial charge in [0.05, 0.1) is 0 Å². The van der Waals surface area contributed by atoms with Gasteiger partial charge in [-0.05, 0) is 46.8 Å². The summed E-state index contributed by atoms with van der Waals surface area (Å²) in [7, 11) is 5.36. The molecule has 3 rings (SSSR count). The lowest BCUT2D eigenvalue weighted by Crippen LogP contribution is -2.40. The van der Waals surface area contributed by atoms with Crippen molar-refractivity contribution in [3.63, 3.8) is 0 Å². The predicted molar refractivity (Wildman–Crippen MR) is 98.2 cm³/mol. The van der Waals surface area contributed by atoms with E-state index in [4.69, 9.17) is 0 Å². The number of piperazine rings is 1. The number of likely N-dealkylation sites (N-methyl/N-ethyl adjacent to an activating group) is 1. The molecule has 0 unspecified atom stereocenters. The van der Waals surface area contributed by atoms with Crippen molar-refractivity contribution in [1.29, 1.82) is 0 Å². The van der Waals surface area contributed by atoms with Gasteiger partial charge >= 0.3 is 0 Å². The number of thioether (sulfide) groups is 1. The van der Waals surface area contributed by atoms with Crippen molar-refractivity contribution in [2.24, 2.45) is 0 Å². The first-order valence-electron chi connectivity index (χ1n) is 6.40. The van der Waals surface area contributed by atoms with E-state index in [1.54, 1.807) is 68.0 Å². The van der Waals surface area contributed by atoms with Crippen LogP contribution in [0.15, 0.2) is 17.4 Å². The smallest absolute Gasteiger partial charge is 0.190 e. The van der Waals surface area contributed by atoms with Crippen molar-refractivity contribution in [2.45, 2.75) is 17.4 Å². The Labute approximate surface area is 153 Å². The number of hydrogen-bond donors (Lipinski definition) is 0. The molecule has 3 heterocycles. The van der Waals surface area contributed by atoms with Crippen LogP contribution in [0.2, 0.25) is 0 Å². The molecule has 0 radical (unpaired) electrons. The van der Waals surface area contributed by atoms with Crippen LogP contribution in [0.3, 0.4) is 0 Å². The van der Waals surface area contributed by atoms with Gasteiger partial charge in [-0.3, -0.25) is 0 Å². The van der Waals surface area contributed by atoms with Crippen LogP contribution in [0.25, 0.3) is 0 Å². The molecule has 1 aliphatic rings. The summed E-state index contributed by atoms with van der Waals surface area (Å²) in [6, 6.07) is 0. The second-order valence-electron chi connectivity index (χ2n) is 4.36. The number of rotatable bonds is 6. The summed E-state index contributed by atoms with van der Waals surface area (Å²) >= 11 is 6.58. The van der Waals surface area contributed by atoms with Gasteiger partial charge in [0.1, 0.15) is 0 Å². The Morgan fingerprint density at radius 2 is 1.36 bits per heavy atom. The summed E-state index contributed by atoms with van der Waals surface area (Å²) in [5.74, 6) is 0. The lowest BCUT2D eigenvalue weighted by atomic mass is 10.4. The molecule has 0 bridgehead atoms. The molecule has 1 fully saturated rings. The molecule has 0 N–H and O–H groups in total. The SMILES string of the molecule is CSc1nnc(SSc2nnc(SN3CCN(C)CC3)s2)s1. The topological polar surface area (TPSA) is 58.0 Å². The maximum absolute atomic E-state index is 4.27. The molecule has 0 saturated carbocycles. The maximum atomic E-state index is 4.27. The van der Waals surface area contributed by atoms with E-state index < -0.39 is 0 Å².